The second-order valence-electron chi connectivity index (χ2n) is 2.21. The van der Waals surface area contributed by atoms with Gasteiger partial charge in [-0.25, -0.2) is 8.51 Å². The van der Waals surface area contributed by atoms with Crippen molar-refractivity contribution in [1.82, 2.24) is 4.31 Å². The number of nitrogens with zero attached hydrogens (tertiary/aromatic N) is 1. The molecule has 2 atom stereocenters. The Morgan fingerprint density at radius 1 is 1.80 bits per heavy atom. The van der Waals surface area contributed by atoms with E-state index in [9.17, 15) is 9.00 Å². The van der Waals surface area contributed by atoms with E-state index in [1.54, 1.807) is 0 Å². The highest BCUT2D eigenvalue weighted by atomic mass is 32.2. The minimum atomic E-state index is -1.12. The van der Waals surface area contributed by atoms with Gasteiger partial charge in [-0.3, -0.25) is 4.79 Å². The van der Waals surface area contributed by atoms with Gasteiger partial charge in [0.15, 0.2) is 0 Å². The summed E-state index contributed by atoms with van der Waals surface area (Å²) in [5, 5.41) is 8.48. The lowest BCUT2D eigenvalue weighted by molar-refractivity contribution is -0.144. The van der Waals surface area contributed by atoms with Crippen molar-refractivity contribution in [2.75, 3.05) is 12.8 Å². The molecule has 10 heavy (non-hydrogen) atoms. The topological polar surface area (TPSA) is 57.6 Å². The van der Waals surface area contributed by atoms with Crippen molar-refractivity contribution in [2.45, 2.75) is 12.5 Å². The molecule has 0 amide bonds. The Balaban J connectivity index is 2.51. The Morgan fingerprint density at radius 3 is 2.50 bits per heavy atom. The zero-order chi connectivity index (χ0) is 7.72. The van der Waals surface area contributed by atoms with E-state index < -0.39 is 23.0 Å². The van der Waals surface area contributed by atoms with E-state index in [0.29, 0.717) is 13.0 Å². The molecule has 1 saturated heterocycles. The average Bonchev–Trinajstić information content (AvgIpc) is 1.56. The Morgan fingerprint density at radius 2 is 2.40 bits per heavy atom. The van der Waals surface area contributed by atoms with Gasteiger partial charge in [-0.1, -0.05) is 0 Å². The third-order valence-electron chi connectivity index (χ3n) is 1.59. The molecule has 1 aliphatic rings. The van der Waals surface area contributed by atoms with Gasteiger partial charge in [0.1, 0.15) is 6.04 Å². The molecular weight excluding hydrogens is 154 g/mol. The fourth-order valence-electron chi connectivity index (χ4n) is 0.918. The van der Waals surface area contributed by atoms with E-state index in [1.165, 1.54) is 10.6 Å². The summed E-state index contributed by atoms with van der Waals surface area (Å²) >= 11 is 0. The quantitative estimate of drug-likeness (QED) is 0.593. The van der Waals surface area contributed by atoms with Crippen LogP contribution >= 0.6 is 0 Å². The van der Waals surface area contributed by atoms with Crippen molar-refractivity contribution in [3.05, 3.63) is 0 Å². The SMILES string of the molecule is CS(=O)N1CCC1C(=O)O. The van der Waals surface area contributed by atoms with Gasteiger partial charge in [-0.15, -0.1) is 0 Å². The molecule has 1 heterocycles. The minimum Gasteiger partial charge on any atom is -0.480 e. The molecule has 0 aromatic heterocycles. The molecule has 0 aromatic rings. The number of rotatable bonds is 2. The normalized spacial score (nSPS) is 29.1. The molecule has 5 heteroatoms. The van der Waals surface area contributed by atoms with Crippen molar-refractivity contribution in [1.29, 1.82) is 0 Å². The largest absolute Gasteiger partial charge is 0.480 e. The first-order valence-electron chi connectivity index (χ1n) is 2.96. The number of hydrogen-bond acceptors (Lipinski definition) is 2. The first kappa shape index (κ1) is 7.68. The molecule has 2 unspecified atom stereocenters. The van der Waals surface area contributed by atoms with Gasteiger partial charge in [0, 0.05) is 12.8 Å². The third kappa shape index (κ3) is 1.19. The lowest BCUT2D eigenvalue weighted by atomic mass is 10.1. The van der Waals surface area contributed by atoms with Gasteiger partial charge < -0.3 is 5.11 Å². The van der Waals surface area contributed by atoms with Gasteiger partial charge in [0.2, 0.25) is 0 Å². The molecule has 0 aliphatic carbocycles. The van der Waals surface area contributed by atoms with E-state index in [4.69, 9.17) is 5.11 Å². The molecule has 0 spiro atoms. The number of carboxylic acid groups (broad SMARTS) is 1. The maximum absolute atomic E-state index is 10.7. The molecule has 0 saturated carbocycles. The molecule has 1 aliphatic heterocycles. The number of carbonyl (C=O) groups is 1. The van der Waals surface area contributed by atoms with Crippen LogP contribution in [-0.2, 0) is 15.8 Å². The second-order valence-corrected chi connectivity index (χ2v) is 3.52. The van der Waals surface area contributed by atoms with Gasteiger partial charge in [0.05, 0.1) is 11.0 Å². The second kappa shape index (κ2) is 2.67. The average molecular weight is 163 g/mol. The Labute approximate surface area is 61.4 Å². The molecular formula is C5H9NO3S. The van der Waals surface area contributed by atoms with Crippen LogP contribution in [0.1, 0.15) is 6.42 Å². The zero-order valence-electron chi connectivity index (χ0n) is 5.61. The molecule has 0 bridgehead atoms. The van der Waals surface area contributed by atoms with Crippen LogP contribution in [0.5, 0.6) is 0 Å². The first-order valence-corrected chi connectivity index (χ1v) is 4.47. The summed E-state index contributed by atoms with van der Waals surface area (Å²) in [6, 6.07) is -0.508. The van der Waals surface area contributed by atoms with Gasteiger partial charge in [0.25, 0.3) is 0 Å². The Bertz CT molecular complexity index is 162. The first-order chi connectivity index (χ1) is 4.63. The highest BCUT2D eigenvalue weighted by molar-refractivity contribution is 7.81. The molecule has 4 nitrogen and oxygen atoms in total. The lowest BCUT2D eigenvalue weighted by Gasteiger charge is -2.34. The summed E-state index contributed by atoms with van der Waals surface area (Å²) in [6.07, 6.45) is 2.12. The van der Waals surface area contributed by atoms with Gasteiger partial charge in [-0.05, 0) is 6.42 Å². The van der Waals surface area contributed by atoms with Crippen molar-refractivity contribution < 1.29 is 14.1 Å². The fourth-order valence-corrected chi connectivity index (χ4v) is 1.83. The molecule has 0 radical (unpaired) electrons. The minimum absolute atomic E-state index is 0.508. The Kier molecular flexibility index (Phi) is 2.05. The van der Waals surface area contributed by atoms with E-state index in [1.807, 2.05) is 0 Å². The molecule has 58 valence electrons. The molecule has 1 N–H and O–H groups in total. The predicted molar refractivity (Wildman–Crippen MR) is 36.8 cm³/mol. The van der Waals surface area contributed by atoms with Crippen LogP contribution < -0.4 is 0 Å². The summed E-state index contributed by atoms with van der Waals surface area (Å²) in [5.74, 6) is -0.874. The third-order valence-corrected chi connectivity index (χ3v) is 2.68. The van der Waals surface area contributed by atoms with E-state index >= 15 is 0 Å². The summed E-state index contributed by atoms with van der Waals surface area (Å²) in [6.45, 7) is 0.639. The van der Waals surface area contributed by atoms with Crippen LogP contribution in [0.4, 0.5) is 0 Å². The highest BCUT2D eigenvalue weighted by Crippen LogP contribution is 2.18. The lowest BCUT2D eigenvalue weighted by Crippen LogP contribution is -2.52. The van der Waals surface area contributed by atoms with Crippen molar-refractivity contribution in [3.63, 3.8) is 0 Å². The van der Waals surface area contributed by atoms with Crippen molar-refractivity contribution >= 4 is 17.0 Å². The van der Waals surface area contributed by atoms with E-state index in [0.717, 1.165) is 0 Å². The molecule has 1 rings (SSSR count). The molecule has 0 aromatic carbocycles. The number of carboxylic acids is 1. The maximum atomic E-state index is 10.7. The van der Waals surface area contributed by atoms with Crippen molar-refractivity contribution in [3.8, 4) is 0 Å². The predicted octanol–water partition coefficient (Wildman–Crippen LogP) is -0.561. The number of hydrogen-bond donors (Lipinski definition) is 1. The standard InChI is InChI=1S/C5H9NO3S/c1-10(9)6-3-2-4(6)5(7)8/h4H,2-3H2,1H3,(H,7,8). The summed E-state index contributed by atoms with van der Waals surface area (Å²) in [5.41, 5.74) is 0. The van der Waals surface area contributed by atoms with Gasteiger partial charge in [-0.2, -0.15) is 0 Å². The smallest absolute Gasteiger partial charge is 0.321 e. The van der Waals surface area contributed by atoms with Crippen LogP contribution in [0, 0.1) is 0 Å². The summed E-state index contributed by atoms with van der Waals surface area (Å²) in [7, 11) is -1.12. The van der Waals surface area contributed by atoms with Crippen LogP contribution in [-0.4, -0.2) is 38.4 Å². The summed E-state index contributed by atoms with van der Waals surface area (Å²) in [4.78, 5) is 10.3. The fraction of sp³-hybridized carbons (Fsp3) is 0.800. The Hall–Kier alpha value is -0.420. The zero-order valence-corrected chi connectivity index (χ0v) is 6.43. The summed E-state index contributed by atoms with van der Waals surface area (Å²) < 4.78 is 12.2. The van der Waals surface area contributed by atoms with Crippen LogP contribution in [0.25, 0.3) is 0 Å². The maximum Gasteiger partial charge on any atom is 0.321 e. The number of aliphatic carboxylic acids is 1. The van der Waals surface area contributed by atoms with Crippen LogP contribution in [0.15, 0.2) is 0 Å². The monoisotopic (exact) mass is 163 g/mol. The van der Waals surface area contributed by atoms with Crippen LogP contribution in [0.3, 0.4) is 0 Å². The van der Waals surface area contributed by atoms with Crippen molar-refractivity contribution in [2.24, 2.45) is 0 Å². The van der Waals surface area contributed by atoms with Gasteiger partial charge >= 0.3 is 5.97 Å². The van der Waals surface area contributed by atoms with E-state index in [2.05, 4.69) is 0 Å². The molecule has 1 fully saturated rings. The van der Waals surface area contributed by atoms with E-state index in [-0.39, 0.29) is 0 Å². The van der Waals surface area contributed by atoms with Crippen LogP contribution in [0.2, 0.25) is 0 Å². The highest BCUT2D eigenvalue weighted by Gasteiger charge is 2.36.